The van der Waals surface area contributed by atoms with Gasteiger partial charge in [-0.15, -0.1) is 0 Å². The van der Waals surface area contributed by atoms with Crippen LogP contribution in [0.2, 0.25) is 0 Å². The summed E-state index contributed by atoms with van der Waals surface area (Å²) in [6.07, 6.45) is 5.97. The molecule has 1 aliphatic heterocycles. The van der Waals surface area contributed by atoms with Crippen LogP contribution >= 0.6 is 11.8 Å². The van der Waals surface area contributed by atoms with Gasteiger partial charge in [0.15, 0.2) is 0 Å². The molecule has 0 N–H and O–H groups in total. The van der Waals surface area contributed by atoms with Gasteiger partial charge in [0.05, 0.1) is 6.54 Å². The molecule has 0 aromatic rings. The van der Waals surface area contributed by atoms with Crippen LogP contribution in [0.4, 0.5) is 0 Å². The molecule has 18 heavy (non-hydrogen) atoms. The SMILES string of the molecule is CC1CCCC(OC(=O)CN(C)C2CCSC2)C1. The normalized spacial score (nSPS) is 32.7. The summed E-state index contributed by atoms with van der Waals surface area (Å²) in [6, 6.07) is 0.563. The zero-order valence-electron chi connectivity index (χ0n) is 11.6. The van der Waals surface area contributed by atoms with E-state index in [0.29, 0.717) is 18.5 Å². The molecule has 0 amide bonds. The summed E-state index contributed by atoms with van der Waals surface area (Å²) < 4.78 is 5.60. The van der Waals surface area contributed by atoms with E-state index in [0.717, 1.165) is 18.6 Å². The molecule has 0 spiro atoms. The largest absolute Gasteiger partial charge is 0.461 e. The molecule has 2 fully saturated rings. The highest BCUT2D eigenvalue weighted by atomic mass is 32.2. The van der Waals surface area contributed by atoms with Crippen LogP contribution in [0.25, 0.3) is 0 Å². The predicted octanol–water partition coefficient (Wildman–Crippen LogP) is 2.55. The summed E-state index contributed by atoms with van der Waals surface area (Å²) in [5.74, 6) is 3.06. The molecule has 1 saturated heterocycles. The molecule has 0 aromatic carbocycles. The number of rotatable bonds is 4. The summed E-state index contributed by atoms with van der Waals surface area (Å²) in [7, 11) is 2.04. The van der Waals surface area contributed by atoms with Gasteiger partial charge in [0.1, 0.15) is 6.10 Å². The average Bonchev–Trinajstić information content (AvgIpc) is 2.81. The van der Waals surface area contributed by atoms with Crippen LogP contribution in [0.1, 0.15) is 39.0 Å². The van der Waals surface area contributed by atoms with Gasteiger partial charge in [0.2, 0.25) is 0 Å². The number of hydrogen-bond acceptors (Lipinski definition) is 4. The van der Waals surface area contributed by atoms with Gasteiger partial charge < -0.3 is 4.74 Å². The molecular formula is C14H25NO2S. The standard InChI is InChI=1S/C14H25NO2S/c1-11-4-3-5-13(8-11)17-14(16)9-15(2)12-6-7-18-10-12/h11-13H,3-10H2,1-2H3. The average molecular weight is 271 g/mol. The summed E-state index contributed by atoms with van der Waals surface area (Å²) in [5, 5.41) is 0. The fraction of sp³-hybridized carbons (Fsp3) is 0.929. The lowest BCUT2D eigenvalue weighted by molar-refractivity contribution is -0.152. The molecule has 1 heterocycles. The molecular weight excluding hydrogens is 246 g/mol. The Morgan fingerprint density at radius 1 is 1.39 bits per heavy atom. The zero-order valence-corrected chi connectivity index (χ0v) is 12.4. The Hall–Kier alpha value is -0.220. The number of ether oxygens (including phenoxy) is 1. The number of carbonyl (C=O) groups excluding carboxylic acids is 1. The van der Waals surface area contributed by atoms with Gasteiger partial charge in [-0.05, 0) is 44.4 Å². The minimum Gasteiger partial charge on any atom is -0.461 e. The fourth-order valence-corrected chi connectivity index (χ4v) is 4.21. The van der Waals surface area contributed by atoms with E-state index in [9.17, 15) is 4.79 Å². The Morgan fingerprint density at radius 2 is 2.22 bits per heavy atom. The van der Waals surface area contributed by atoms with E-state index in [-0.39, 0.29) is 12.1 Å². The molecule has 1 saturated carbocycles. The Bertz CT molecular complexity index is 273. The van der Waals surface area contributed by atoms with Crippen LogP contribution in [0.3, 0.4) is 0 Å². The van der Waals surface area contributed by atoms with Gasteiger partial charge in [0.25, 0.3) is 0 Å². The molecule has 3 atom stereocenters. The van der Waals surface area contributed by atoms with Crippen molar-refractivity contribution in [3.8, 4) is 0 Å². The van der Waals surface area contributed by atoms with E-state index in [4.69, 9.17) is 4.74 Å². The Labute approximate surface area is 115 Å². The number of carbonyl (C=O) groups is 1. The van der Waals surface area contributed by atoms with Gasteiger partial charge >= 0.3 is 5.97 Å². The van der Waals surface area contributed by atoms with E-state index in [2.05, 4.69) is 11.8 Å². The van der Waals surface area contributed by atoms with Gasteiger partial charge in [-0.3, -0.25) is 9.69 Å². The lowest BCUT2D eigenvalue weighted by Gasteiger charge is -2.28. The number of thioether (sulfide) groups is 1. The highest BCUT2D eigenvalue weighted by Gasteiger charge is 2.25. The van der Waals surface area contributed by atoms with Crippen molar-refractivity contribution in [2.24, 2.45) is 5.92 Å². The Balaban J connectivity index is 1.70. The van der Waals surface area contributed by atoms with Gasteiger partial charge in [-0.25, -0.2) is 0 Å². The first-order valence-corrected chi connectivity index (χ1v) is 8.28. The van der Waals surface area contributed by atoms with Crippen molar-refractivity contribution < 1.29 is 9.53 Å². The van der Waals surface area contributed by atoms with Crippen LogP contribution in [0.5, 0.6) is 0 Å². The van der Waals surface area contributed by atoms with Crippen molar-refractivity contribution in [3.63, 3.8) is 0 Å². The first-order chi connectivity index (χ1) is 8.65. The highest BCUT2D eigenvalue weighted by Crippen LogP contribution is 2.26. The molecule has 2 aliphatic rings. The topological polar surface area (TPSA) is 29.5 Å². The van der Waals surface area contributed by atoms with Crippen molar-refractivity contribution in [1.29, 1.82) is 0 Å². The second kappa shape index (κ2) is 6.80. The molecule has 3 unspecified atom stereocenters. The summed E-state index contributed by atoms with van der Waals surface area (Å²) >= 11 is 1.98. The van der Waals surface area contributed by atoms with Crippen molar-refractivity contribution in [3.05, 3.63) is 0 Å². The zero-order chi connectivity index (χ0) is 13.0. The Morgan fingerprint density at radius 3 is 2.89 bits per heavy atom. The van der Waals surface area contributed by atoms with Crippen molar-refractivity contribution in [1.82, 2.24) is 4.90 Å². The van der Waals surface area contributed by atoms with E-state index >= 15 is 0 Å². The van der Waals surface area contributed by atoms with Crippen LogP contribution in [-0.4, -0.2) is 48.1 Å². The van der Waals surface area contributed by atoms with Gasteiger partial charge in [-0.1, -0.05) is 13.3 Å². The molecule has 3 nitrogen and oxygen atoms in total. The molecule has 0 radical (unpaired) electrons. The van der Waals surface area contributed by atoms with Gasteiger partial charge in [-0.2, -0.15) is 11.8 Å². The van der Waals surface area contributed by atoms with E-state index in [1.54, 1.807) is 0 Å². The van der Waals surface area contributed by atoms with E-state index in [1.165, 1.54) is 25.0 Å². The first kappa shape index (κ1) is 14.2. The number of esters is 1. The summed E-state index contributed by atoms with van der Waals surface area (Å²) in [5.41, 5.74) is 0. The first-order valence-electron chi connectivity index (χ1n) is 7.12. The van der Waals surface area contributed by atoms with Crippen molar-refractivity contribution in [2.45, 2.75) is 51.2 Å². The molecule has 1 aliphatic carbocycles. The third-order valence-corrected chi connectivity index (χ3v) is 5.24. The summed E-state index contributed by atoms with van der Waals surface area (Å²) in [4.78, 5) is 14.1. The highest BCUT2D eigenvalue weighted by molar-refractivity contribution is 7.99. The molecule has 4 heteroatoms. The second-order valence-electron chi connectivity index (χ2n) is 5.82. The predicted molar refractivity (Wildman–Crippen MR) is 75.9 cm³/mol. The van der Waals surface area contributed by atoms with E-state index in [1.807, 2.05) is 18.8 Å². The maximum absolute atomic E-state index is 11.9. The lowest BCUT2D eigenvalue weighted by Crippen LogP contribution is -2.38. The van der Waals surface area contributed by atoms with Crippen molar-refractivity contribution >= 4 is 17.7 Å². The number of hydrogen-bond donors (Lipinski definition) is 0. The quantitative estimate of drug-likeness (QED) is 0.735. The monoisotopic (exact) mass is 271 g/mol. The third-order valence-electron chi connectivity index (χ3n) is 4.09. The smallest absolute Gasteiger partial charge is 0.320 e. The number of likely N-dealkylation sites (N-methyl/N-ethyl adjacent to an activating group) is 1. The van der Waals surface area contributed by atoms with Gasteiger partial charge in [0, 0.05) is 11.8 Å². The second-order valence-corrected chi connectivity index (χ2v) is 6.97. The van der Waals surface area contributed by atoms with Crippen molar-refractivity contribution in [2.75, 3.05) is 25.1 Å². The minimum absolute atomic E-state index is 0.0338. The third kappa shape index (κ3) is 4.16. The summed E-state index contributed by atoms with van der Waals surface area (Å²) in [6.45, 7) is 2.71. The Kier molecular flexibility index (Phi) is 5.37. The van der Waals surface area contributed by atoms with Crippen LogP contribution < -0.4 is 0 Å². The van der Waals surface area contributed by atoms with Crippen LogP contribution in [0, 0.1) is 5.92 Å². The maximum Gasteiger partial charge on any atom is 0.320 e. The lowest BCUT2D eigenvalue weighted by atomic mass is 9.89. The maximum atomic E-state index is 11.9. The molecule has 0 bridgehead atoms. The molecule has 0 aromatic heterocycles. The number of nitrogens with zero attached hydrogens (tertiary/aromatic N) is 1. The molecule has 2 rings (SSSR count). The fourth-order valence-electron chi connectivity index (χ4n) is 2.91. The minimum atomic E-state index is -0.0338. The van der Waals surface area contributed by atoms with Crippen LogP contribution in [0.15, 0.2) is 0 Å². The van der Waals surface area contributed by atoms with E-state index < -0.39 is 0 Å². The van der Waals surface area contributed by atoms with Crippen LogP contribution in [-0.2, 0) is 9.53 Å². The molecule has 104 valence electrons.